The summed E-state index contributed by atoms with van der Waals surface area (Å²) in [4.78, 5) is 24.9. The summed E-state index contributed by atoms with van der Waals surface area (Å²) in [5.74, 6) is -1.97. The molecule has 0 aliphatic heterocycles. The maximum Gasteiger partial charge on any atom is 0.322 e. The average molecular weight is 267 g/mol. The predicted octanol–water partition coefficient (Wildman–Crippen LogP) is 0.263. The average Bonchev–Trinajstić information content (AvgIpc) is 2.38. The third kappa shape index (κ3) is 3.66. The van der Waals surface area contributed by atoms with E-state index in [4.69, 9.17) is 4.74 Å². The van der Waals surface area contributed by atoms with Gasteiger partial charge in [0.05, 0.1) is 24.2 Å². The minimum Gasteiger partial charge on any atom is -0.868 e. The molecule has 0 radical (unpaired) electrons. The van der Waals surface area contributed by atoms with Gasteiger partial charge in [-0.05, 0) is 18.8 Å². The Morgan fingerprint density at radius 2 is 2.26 bits per heavy atom. The quantitative estimate of drug-likeness (QED) is 0.247. The minimum atomic E-state index is -1.08. The maximum absolute atomic E-state index is 11.5. The van der Waals surface area contributed by atoms with Gasteiger partial charge in [-0.3, -0.25) is 10.1 Å². The van der Waals surface area contributed by atoms with Crippen LogP contribution in [0, 0.1) is 10.1 Å². The predicted molar refractivity (Wildman–Crippen MR) is 62.1 cm³/mol. The van der Waals surface area contributed by atoms with Gasteiger partial charge in [0.2, 0.25) is 5.88 Å². The fourth-order valence-corrected chi connectivity index (χ4v) is 1.23. The first-order valence-electron chi connectivity index (χ1n) is 5.23. The lowest BCUT2D eigenvalue weighted by atomic mass is 10.2. The number of ether oxygens (including phenoxy) is 2. The lowest BCUT2D eigenvalue weighted by Gasteiger charge is -2.10. The molecule has 0 unspecified atom stereocenters. The standard InChI is InChI=1S/C11H12N2O6/c1-3-19-11(15)9(14)4-7-5-10(18-2)12-6-8(7)13(16)17/h4-6,14H,3H2,1-2H3/p-1. The minimum absolute atomic E-state index is 0.0418. The molecule has 0 fully saturated rings. The van der Waals surface area contributed by atoms with Crippen LogP contribution in [0.1, 0.15) is 12.5 Å². The maximum atomic E-state index is 11.5. The molecule has 1 heterocycles. The number of rotatable bonds is 5. The van der Waals surface area contributed by atoms with E-state index >= 15 is 0 Å². The van der Waals surface area contributed by atoms with Gasteiger partial charge in [-0.15, -0.1) is 0 Å². The fraction of sp³-hybridized carbons (Fsp3) is 0.273. The lowest BCUT2D eigenvalue weighted by molar-refractivity contribution is -0.385. The second-order valence-electron chi connectivity index (χ2n) is 3.27. The number of methoxy groups -OCH3 is 1. The summed E-state index contributed by atoms with van der Waals surface area (Å²) >= 11 is 0. The molecule has 19 heavy (non-hydrogen) atoms. The number of carbonyl (C=O) groups excluding carboxylic acids is 1. The molecule has 0 N–H and O–H groups in total. The molecule has 8 nitrogen and oxygen atoms in total. The Balaban J connectivity index is 3.20. The van der Waals surface area contributed by atoms with Crippen LogP contribution in [0.2, 0.25) is 0 Å². The van der Waals surface area contributed by atoms with Crippen molar-refractivity contribution in [3.63, 3.8) is 0 Å². The summed E-state index contributed by atoms with van der Waals surface area (Å²) in [5.41, 5.74) is -0.478. The molecule has 0 aliphatic rings. The van der Waals surface area contributed by atoms with Crippen molar-refractivity contribution in [2.24, 2.45) is 0 Å². The van der Waals surface area contributed by atoms with Gasteiger partial charge in [0.25, 0.3) is 5.69 Å². The Labute approximate surface area is 108 Å². The number of aromatic nitrogens is 1. The van der Waals surface area contributed by atoms with E-state index in [0.29, 0.717) is 0 Å². The summed E-state index contributed by atoms with van der Waals surface area (Å²) in [6.07, 6.45) is 1.77. The molecule has 0 aromatic carbocycles. The van der Waals surface area contributed by atoms with Gasteiger partial charge in [0, 0.05) is 6.07 Å². The van der Waals surface area contributed by atoms with Crippen molar-refractivity contribution in [2.45, 2.75) is 6.92 Å². The van der Waals surface area contributed by atoms with Gasteiger partial charge >= 0.3 is 5.97 Å². The summed E-state index contributed by atoms with van der Waals surface area (Å²) in [7, 11) is 1.32. The smallest absolute Gasteiger partial charge is 0.322 e. The first kappa shape index (κ1) is 14.4. The molecule has 1 rings (SSSR count). The van der Waals surface area contributed by atoms with Crippen LogP contribution in [0.5, 0.6) is 5.88 Å². The summed E-state index contributed by atoms with van der Waals surface area (Å²) in [5, 5.41) is 22.2. The van der Waals surface area contributed by atoms with Crippen LogP contribution in [-0.2, 0) is 9.53 Å². The monoisotopic (exact) mass is 267 g/mol. The van der Waals surface area contributed by atoms with E-state index in [1.54, 1.807) is 6.92 Å². The summed E-state index contributed by atoms with van der Waals surface area (Å²) in [6.45, 7) is 1.59. The van der Waals surface area contributed by atoms with E-state index in [-0.39, 0.29) is 18.1 Å². The Bertz CT molecular complexity index is 526. The van der Waals surface area contributed by atoms with Crippen LogP contribution in [0.4, 0.5) is 5.69 Å². The number of carbonyl (C=O) groups is 1. The number of nitrogens with zero attached hydrogens (tertiary/aromatic N) is 2. The number of hydrogen-bond acceptors (Lipinski definition) is 7. The zero-order chi connectivity index (χ0) is 14.4. The fourth-order valence-electron chi connectivity index (χ4n) is 1.23. The van der Waals surface area contributed by atoms with Gasteiger partial charge < -0.3 is 14.6 Å². The molecular formula is C11H11N2O6-. The van der Waals surface area contributed by atoms with Crippen molar-refractivity contribution >= 4 is 17.7 Å². The van der Waals surface area contributed by atoms with Crippen molar-refractivity contribution in [1.82, 2.24) is 4.98 Å². The highest BCUT2D eigenvalue weighted by Gasteiger charge is 2.14. The van der Waals surface area contributed by atoms with E-state index in [1.807, 2.05) is 0 Å². The van der Waals surface area contributed by atoms with Gasteiger partial charge in [-0.25, -0.2) is 9.78 Å². The van der Waals surface area contributed by atoms with Gasteiger partial charge in [0.1, 0.15) is 6.20 Å². The Morgan fingerprint density at radius 1 is 1.58 bits per heavy atom. The largest absolute Gasteiger partial charge is 0.868 e. The Hall–Kier alpha value is -2.64. The van der Waals surface area contributed by atoms with Crippen molar-refractivity contribution in [3.8, 4) is 5.88 Å². The molecule has 102 valence electrons. The summed E-state index contributed by atoms with van der Waals surface area (Å²) < 4.78 is 9.29. The van der Waals surface area contributed by atoms with Crippen LogP contribution < -0.4 is 9.84 Å². The third-order valence-electron chi connectivity index (χ3n) is 2.06. The SMILES string of the molecule is CCOC(=O)C([O-])=Cc1cc(OC)ncc1[N+](=O)[O-]. The van der Waals surface area contributed by atoms with Crippen LogP contribution in [0.3, 0.4) is 0 Å². The van der Waals surface area contributed by atoms with Crippen molar-refractivity contribution in [1.29, 1.82) is 0 Å². The summed E-state index contributed by atoms with van der Waals surface area (Å²) in [6, 6.07) is 1.19. The zero-order valence-corrected chi connectivity index (χ0v) is 10.3. The normalized spacial score (nSPS) is 10.9. The van der Waals surface area contributed by atoms with E-state index in [9.17, 15) is 20.0 Å². The second-order valence-corrected chi connectivity index (χ2v) is 3.27. The number of hydrogen-bond donors (Lipinski definition) is 0. The molecule has 8 heteroatoms. The van der Waals surface area contributed by atoms with E-state index in [2.05, 4.69) is 9.72 Å². The molecule has 0 saturated heterocycles. The molecule has 0 aliphatic carbocycles. The highest BCUT2D eigenvalue weighted by Crippen LogP contribution is 2.23. The van der Waals surface area contributed by atoms with Crippen molar-refractivity contribution in [3.05, 3.63) is 33.7 Å². The lowest BCUT2D eigenvalue weighted by Crippen LogP contribution is -2.18. The van der Waals surface area contributed by atoms with Crippen LogP contribution in [0.25, 0.3) is 6.08 Å². The molecule has 1 aromatic rings. The second kappa shape index (κ2) is 6.34. The van der Waals surface area contributed by atoms with E-state index in [0.717, 1.165) is 12.3 Å². The van der Waals surface area contributed by atoms with E-state index < -0.39 is 22.3 Å². The molecule has 0 atom stereocenters. The van der Waals surface area contributed by atoms with Crippen molar-refractivity contribution in [2.75, 3.05) is 13.7 Å². The molecule has 0 spiro atoms. The molecular weight excluding hydrogens is 256 g/mol. The van der Waals surface area contributed by atoms with Crippen molar-refractivity contribution < 1.29 is 24.3 Å². The van der Waals surface area contributed by atoms with Gasteiger partial charge in [-0.2, -0.15) is 0 Å². The molecule has 0 amide bonds. The van der Waals surface area contributed by atoms with Gasteiger partial charge in [0.15, 0.2) is 0 Å². The number of nitro groups is 1. The number of pyridine rings is 1. The Morgan fingerprint density at radius 3 is 2.79 bits per heavy atom. The molecule has 0 saturated carbocycles. The first-order valence-corrected chi connectivity index (χ1v) is 5.23. The van der Waals surface area contributed by atoms with Crippen LogP contribution >= 0.6 is 0 Å². The molecule has 0 bridgehead atoms. The highest BCUT2D eigenvalue weighted by atomic mass is 16.6. The van der Waals surface area contributed by atoms with E-state index in [1.165, 1.54) is 13.2 Å². The zero-order valence-electron chi connectivity index (χ0n) is 10.3. The topological polar surface area (TPSA) is 115 Å². The van der Waals surface area contributed by atoms with Crippen LogP contribution in [0.15, 0.2) is 18.0 Å². The highest BCUT2D eigenvalue weighted by molar-refractivity contribution is 5.91. The Kier molecular flexibility index (Phi) is 4.81. The first-order chi connectivity index (χ1) is 8.99. The van der Waals surface area contributed by atoms with Crippen LogP contribution in [-0.4, -0.2) is 29.6 Å². The third-order valence-corrected chi connectivity index (χ3v) is 2.06. The van der Waals surface area contributed by atoms with Gasteiger partial charge in [-0.1, -0.05) is 0 Å². The number of esters is 1. The molecule has 1 aromatic heterocycles.